The summed E-state index contributed by atoms with van der Waals surface area (Å²) in [6.45, 7) is 0.456. The summed E-state index contributed by atoms with van der Waals surface area (Å²) >= 11 is 8.35. The highest BCUT2D eigenvalue weighted by atomic mass is 79.9. The molecule has 2 rings (SSSR count). The minimum atomic E-state index is -0.154. The van der Waals surface area contributed by atoms with Crippen LogP contribution >= 0.6 is 28.1 Å². The molecule has 20 heavy (non-hydrogen) atoms. The molecule has 0 radical (unpaired) electrons. The van der Waals surface area contributed by atoms with Gasteiger partial charge in [0.15, 0.2) is 0 Å². The van der Waals surface area contributed by atoms with E-state index in [9.17, 15) is 4.79 Å². The van der Waals surface area contributed by atoms with Gasteiger partial charge in [-0.15, -0.1) is 0 Å². The molecule has 0 aliphatic carbocycles. The molecule has 0 atom stereocenters. The van der Waals surface area contributed by atoms with Gasteiger partial charge < -0.3 is 11.1 Å². The molecule has 2 aromatic rings. The van der Waals surface area contributed by atoms with Crippen molar-refractivity contribution < 1.29 is 4.79 Å². The predicted octanol–water partition coefficient (Wildman–Crippen LogP) is 3.01. The second-order valence-electron chi connectivity index (χ2n) is 4.22. The number of nitrogens with one attached hydrogen (secondary N) is 1. The second kappa shape index (κ2) is 6.63. The summed E-state index contributed by atoms with van der Waals surface area (Å²) in [5, 5.41) is 2.87. The van der Waals surface area contributed by atoms with E-state index in [1.54, 1.807) is 24.3 Å². The first-order valence-corrected chi connectivity index (χ1v) is 7.19. The Morgan fingerprint density at radius 1 is 1.15 bits per heavy atom. The minimum absolute atomic E-state index is 0.154. The van der Waals surface area contributed by atoms with Crippen molar-refractivity contribution in [2.45, 2.75) is 6.54 Å². The van der Waals surface area contributed by atoms with E-state index in [4.69, 9.17) is 18.0 Å². The lowest BCUT2D eigenvalue weighted by atomic mass is 10.1. The second-order valence-corrected chi connectivity index (χ2v) is 5.51. The molecule has 0 aromatic heterocycles. The number of carbonyl (C=O) groups excluding carboxylic acids is 1. The predicted molar refractivity (Wildman–Crippen MR) is 87.6 cm³/mol. The van der Waals surface area contributed by atoms with Gasteiger partial charge in [-0.2, -0.15) is 0 Å². The topological polar surface area (TPSA) is 55.1 Å². The van der Waals surface area contributed by atoms with Crippen molar-refractivity contribution in [3.05, 3.63) is 69.7 Å². The Morgan fingerprint density at radius 3 is 2.55 bits per heavy atom. The van der Waals surface area contributed by atoms with Gasteiger partial charge in [0.25, 0.3) is 5.91 Å². The largest absolute Gasteiger partial charge is 0.389 e. The van der Waals surface area contributed by atoms with Crippen molar-refractivity contribution in [2.75, 3.05) is 0 Å². The van der Waals surface area contributed by atoms with Crippen LogP contribution in [0.5, 0.6) is 0 Å². The lowest BCUT2D eigenvalue weighted by Gasteiger charge is -2.08. The molecule has 102 valence electrons. The molecule has 1 amide bonds. The molecular weight excluding hydrogens is 336 g/mol. The number of benzene rings is 2. The Hall–Kier alpha value is -1.72. The maximum Gasteiger partial charge on any atom is 0.251 e. The van der Waals surface area contributed by atoms with Gasteiger partial charge in [0.2, 0.25) is 0 Å². The van der Waals surface area contributed by atoms with E-state index in [2.05, 4.69) is 21.2 Å². The van der Waals surface area contributed by atoms with Crippen LogP contribution in [0.3, 0.4) is 0 Å². The summed E-state index contributed by atoms with van der Waals surface area (Å²) in [6, 6.07) is 14.7. The molecule has 0 aliphatic rings. The minimum Gasteiger partial charge on any atom is -0.389 e. The molecule has 0 saturated heterocycles. The van der Waals surface area contributed by atoms with Crippen LogP contribution in [0, 0.1) is 0 Å². The average Bonchev–Trinajstić information content (AvgIpc) is 2.46. The van der Waals surface area contributed by atoms with Gasteiger partial charge in [0.05, 0.1) is 0 Å². The van der Waals surface area contributed by atoms with Crippen LogP contribution < -0.4 is 11.1 Å². The molecule has 0 unspecified atom stereocenters. The summed E-state index contributed by atoms with van der Waals surface area (Å²) in [4.78, 5) is 12.4. The van der Waals surface area contributed by atoms with Crippen molar-refractivity contribution >= 4 is 39.0 Å². The first-order chi connectivity index (χ1) is 9.58. The first kappa shape index (κ1) is 14.7. The van der Waals surface area contributed by atoms with E-state index in [1.165, 1.54) is 0 Å². The third-order valence-electron chi connectivity index (χ3n) is 2.81. The molecule has 2 aromatic carbocycles. The van der Waals surface area contributed by atoms with E-state index < -0.39 is 0 Å². The fourth-order valence-corrected chi connectivity index (χ4v) is 2.28. The molecule has 0 spiro atoms. The van der Waals surface area contributed by atoms with Crippen molar-refractivity contribution in [1.82, 2.24) is 5.32 Å². The van der Waals surface area contributed by atoms with Crippen molar-refractivity contribution in [2.24, 2.45) is 5.73 Å². The van der Waals surface area contributed by atoms with E-state index >= 15 is 0 Å². The normalized spacial score (nSPS) is 10.1. The van der Waals surface area contributed by atoms with Crippen LogP contribution in [0.15, 0.2) is 53.0 Å². The fourth-order valence-electron chi connectivity index (χ4n) is 1.73. The zero-order valence-corrected chi connectivity index (χ0v) is 13.0. The van der Waals surface area contributed by atoms with E-state index in [0.29, 0.717) is 17.7 Å². The maximum absolute atomic E-state index is 12.1. The number of carbonyl (C=O) groups is 1. The highest BCUT2D eigenvalue weighted by Gasteiger charge is 2.07. The summed E-state index contributed by atoms with van der Waals surface area (Å²) in [7, 11) is 0. The maximum atomic E-state index is 12.1. The third kappa shape index (κ3) is 3.65. The van der Waals surface area contributed by atoms with Gasteiger partial charge in [-0.05, 0) is 23.8 Å². The summed E-state index contributed by atoms with van der Waals surface area (Å²) < 4.78 is 0.970. The number of amides is 1. The zero-order valence-electron chi connectivity index (χ0n) is 10.6. The van der Waals surface area contributed by atoms with Gasteiger partial charge in [-0.25, -0.2) is 0 Å². The van der Waals surface area contributed by atoms with Crippen LogP contribution in [-0.2, 0) is 6.54 Å². The van der Waals surface area contributed by atoms with Crippen molar-refractivity contribution in [3.63, 3.8) is 0 Å². The molecule has 0 saturated carbocycles. The smallest absolute Gasteiger partial charge is 0.251 e. The number of hydrogen-bond donors (Lipinski definition) is 2. The lowest BCUT2D eigenvalue weighted by Crippen LogP contribution is -2.23. The summed E-state index contributed by atoms with van der Waals surface area (Å²) in [5.41, 5.74) is 7.81. The zero-order chi connectivity index (χ0) is 14.5. The molecule has 3 N–H and O–H groups in total. The van der Waals surface area contributed by atoms with E-state index in [-0.39, 0.29) is 10.9 Å². The Labute approximate surface area is 131 Å². The number of nitrogens with two attached hydrogens (primary N) is 1. The van der Waals surface area contributed by atoms with Gasteiger partial charge in [-0.1, -0.05) is 58.5 Å². The van der Waals surface area contributed by atoms with Crippen molar-refractivity contribution in [3.8, 4) is 0 Å². The standard InChI is InChI=1S/C15H13BrN2OS/c16-13-7-2-1-4-12(13)9-18-15(19)11-6-3-5-10(8-11)14(17)20/h1-8H,9H2,(H2,17,20)(H,18,19). The third-order valence-corrected chi connectivity index (χ3v) is 3.82. The molecule has 3 nitrogen and oxygen atoms in total. The Morgan fingerprint density at radius 2 is 1.85 bits per heavy atom. The number of rotatable bonds is 4. The van der Waals surface area contributed by atoms with Gasteiger partial charge in [-0.3, -0.25) is 4.79 Å². The quantitative estimate of drug-likeness (QED) is 0.835. The van der Waals surface area contributed by atoms with Gasteiger partial charge in [0.1, 0.15) is 4.99 Å². The number of halogens is 1. The summed E-state index contributed by atoms with van der Waals surface area (Å²) in [5.74, 6) is -0.154. The lowest BCUT2D eigenvalue weighted by molar-refractivity contribution is 0.0951. The van der Waals surface area contributed by atoms with Crippen LogP contribution in [-0.4, -0.2) is 10.9 Å². The molecule has 0 heterocycles. The van der Waals surface area contributed by atoms with Gasteiger partial charge in [0, 0.05) is 22.1 Å². The Kier molecular flexibility index (Phi) is 4.87. The monoisotopic (exact) mass is 348 g/mol. The van der Waals surface area contributed by atoms with Crippen LogP contribution in [0.1, 0.15) is 21.5 Å². The molecule has 0 aliphatic heterocycles. The van der Waals surface area contributed by atoms with Crippen LogP contribution in [0.2, 0.25) is 0 Å². The Bertz CT molecular complexity index is 658. The SMILES string of the molecule is NC(=S)c1cccc(C(=O)NCc2ccccc2Br)c1. The highest BCUT2D eigenvalue weighted by molar-refractivity contribution is 9.10. The molecular formula is C15H13BrN2OS. The summed E-state index contributed by atoms with van der Waals surface area (Å²) in [6.07, 6.45) is 0. The van der Waals surface area contributed by atoms with E-state index in [1.807, 2.05) is 24.3 Å². The van der Waals surface area contributed by atoms with Crippen LogP contribution in [0.4, 0.5) is 0 Å². The Balaban J connectivity index is 2.07. The molecule has 0 fully saturated rings. The number of hydrogen-bond acceptors (Lipinski definition) is 2. The molecule has 0 bridgehead atoms. The first-order valence-electron chi connectivity index (χ1n) is 5.99. The van der Waals surface area contributed by atoms with Crippen molar-refractivity contribution in [1.29, 1.82) is 0 Å². The fraction of sp³-hybridized carbons (Fsp3) is 0.0667. The van der Waals surface area contributed by atoms with Gasteiger partial charge >= 0.3 is 0 Å². The average molecular weight is 349 g/mol. The molecule has 5 heteroatoms. The van der Waals surface area contributed by atoms with Crippen LogP contribution in [0.25, 0.3) is 0 Å². The highest BCUT2D eigenvalue weighted by Crippen LogP contribution is 2.15. The number of thiocarbonyl (C=S) groups is 1. The van der Waals surface area contributed by atoms with E-state index in [0.717, 1.165) is 10.0 Å².